The molecule has 1 nitrogen and oxygen atoms in total. The fourth-order valence-electron chi connectivity index (χ4n) is 4.24. The van der Waals surface area contributed by atoms with E-state index < -0.39 is 0 Å². The number of likely N-dealkylation sites (N-methyl/N-ethyl adjacent to an activating group) is 1. The van der Waals surface area contributed by atoms with Crippen LogP contribution in [0.15, 0.2) is 30.3 Å². The van der Waals surface area contributed by atoms with Crippen molar-refractivity contribution in [2.24, 2.45) is 0 Å². The topological polar surface area (TPSA) is 0 Å². The van der Waals surface area contributed by atoms with Gasteiger partial charge in [0.15, 0.2) is 0 Å². The van der Waals surface area contributed by atoms with Crippen molar-refractivity contribution in [2.45, 2.75) is 116 Å². The quantitative estimate of drug-likeness (QED) is 0.225. The second kappa shape index (κ2) is 18.3. The molecule has 29 heavy (non-hydrogen) atoms. The van der Waals surface area contributed by atoms with Crippen LogP contribution < -0.4 is 12.4 Å². The molecule has 1 atom stereocenters. The lowest BCUT2D eigenvalue weighted by atomic mass is 9.97. The summed E-state index contributed by atoms with van der Waals surface area (Å²) in [4.78, 5) is 0. The molecule has 0 aromatic heterocycles. The lowest BCUT2D eigenvalue weighted by molar-refractivity contribution is -0.913. The molecule has 2 heteroatoms. The number of unbranched alkanes of at least 4 members (excludes halogenated alkanes) is 12. The van der Waals surface area contributed by atoms with Crippen LogP contribution in [0.5, 0.6) is 0 Å². The smallest absolute Gasteiger partial charge is 0.0926 e. The van der Waals surface area contributed by atoms with Gasteiger partial charge in [-0.05, 0) is 25.3 Å². The molecule has 1 aromatic rings. The summed E-state index contributed by atoms with van der Waals surface area (Å²) in [6.07, 6.45) is 21.3. The Labute approximate surface area is 189 Å². The number of benzene rings is 1. The molecule has 0 radical (unpaired) electrons. The van der Waals surface area contributed by atoms with Gasteiger partial charge in [0.1, 0.15) is 0 Å². The molecule has 0 aliphatic rings. The molecular weight excluding hydrogens is 374 g/mol. The van der Waals surface area contributed by atoms with E-state index in [9.17, 15) is 0 Å². The minimum Gasteiger partial charge on any atom is -1.00 e. The molecule has 1 unspecified atom stereocenters. The van der Waals surface area contributed by atoms with Crippen LogP contribution in [0, 0.1) is 0 Å². The maximum absolute atomic E-state index is 2.41. The zero-order valence-electron chi connectivity index (χ0n) is 20.1. The van der Waals surface area contributed by atoms with Crippen molar-refractivity contribution in [3.05, 3.63) is 35.9 Å². The van der Waals surface area contributed by atoms with Gasteiger partial charge in [0.2, 0.25) is 0 Å². The lowest BCUT2D eigenvalue weighted by Gasteiger charge is -2.37. The summed E-state index contributed by atoms with van der Waals surface area (Å²) in [7, 11) is 4.83. The minimum atomic E-state index is 0. The largest absolute Gasteiger partial charge is 1.00 e. The van der Waals surface area contributed by atoms with E-state index in [1.807, 2.05) is 0 Å². The minimum absolute atomic E-state index is 0. The Morgan fingerprint density at radius 2 is 1.10 bits per heavy atom. The highest BCUT2D eigenvalue weighted by molar-refractivity contribution is 5.15. The first-order valence-corrected chi connectivity index (χ1v) is 12.5. The Balaban J connectivity index is 0.00000784. The zero-order valence-corrected chi connectivity index (χ0v) is 20.9. The first kappa shape index (κ1) is 28.5. The van der Waals surface area contributed by atoms with Crippen molar-refractivity contribution in [1.29, 1.82) is 0 Å². The molecule has 0 N–H and O–H groups in total. The molecule has 0 aliphatic heterocycles. The molecule has 0 aliphatic carbocycles. The second-order valence-electron chi connectivity index (χ2n) is 9.47. The molecule has 0 heterocycles. The summed E-state index contributed by atoms with van der Waals surface area (Å²) in [6, 6.07) is 11.8. The van der Waals surface area contributed by atoms with E-state index in [4.69, 9.17) is 0 Å². The van der Waals surface area contributed by atoms with E-state index in [0.717, 1.165) is 10.5 Å². The molecule has 170 valence electrons. The average Bonchev–Trinajstić information content (AvgIpc) is 2.71. The van der Waals surface area contributed by atoms with Crippen LogP contribution in [0.1, 0.15) is 109 Å². The summed E-state index contributed by atoms with van der Waals surface area (Å²) < 4.78 is 1.15. The normalized spacial score (nSPS) is 12.6. The summed E-state index contributed by atoms with van der Waals surface area (Å²) in [6.45, 7) is 5.85. The predicted octanol–water partition coefficient (Wildman–Crippen LogP) is 5.18. The first-order chi connectivity index (χ1) is 13.6. The molecule has 0 spiro atoms. The SMILES string of the molecule is CCCCCCCCCCCCCCCC(Cc1ccccc1)[N+](C)(C)CC.[Cl-]. The number of nitrogens with zero attached hydrogens (tertiary/aromatic N) is 1. The Hall–Kier alpha value is -0.530. The van der Waals surface area contributed by atoms with Gasteiger partial charge in [-0.2, -0.15) is 0 Å². The lowest BCUT2D eigenvalue weighted by Crippen LogP contribution is -3.00. The zero-order chi connectivity index (χ0) is 20.5. The van der Waals surface area contributed by atoms with E-state index in [1.54, 1.807) is 0 Å². The van der Waals surface area contributed by atoms with E-state index in [1.165, 1.54) is 108 Å². The molecule has 0 amide bonds. The van der Waals surface area contributed by atoms with Gasteiger partial charge in [-0.1, -0.05) is 114 Å². The van der Waals surface area contributed by atoms with E-state index in [0.29, 0.717) is 0 Å². The number of hydrogen-bond acceptors (Lipinski definition) is 0. The Kier molecular flexibility index (Phi) is 17.9. The van der Waals surface area contributed by atoms with Crippen molar-refractivity contribution in [2.75, 3.05) is 20.6 Å². The van der Waals surface area contributed by atoms with Crippen LogP contribution >= 0.6 is 0 Å². The third-order valence-corrected chi connectivity index (χ3v) is 6.76. The Morgan fingerprint density at radius 1 is 0.655 bits per heavy atom. The number of rotatable bonds is 18. The van der Waals surface area contributed by atoms with Gasteiger partial charge < -0.3 is 16.9 Å². The van der Waals surface area contributed by atoms with Crippen LogP contribution in [0.2, 0.25) is 0 Å². The van der Waals surface area contributed by atoms with E-state index in [2.05, 4.69) is 58.3 Å². The van der Waals surface area contributed by atoms with Gasteiger partial charge in [-0.15, -0.1) is 0 Å². The summed E-state index contributed by atoms with van der Waals surface area (Å²) in [5.41, 5.74) is 1.50. The van der Waals surface area contributed by atoms with Gasteiger partial charge in [0.25, 0.3) is 0 Å². The Morgan fingerprint density at radius 3 is 1.55 bits per heavy atom. The van der Waals surface area contributed by atoms with Crippen LogP contribution in [0.4, 0.5) is 0 Å². The van der Waals surface area contributed by atoms with Crippen LogP contribution in [-0.2, 0) is 6.42 Å². The van der Waals surface area contributed by atoms with E-state index in [-0.39, 0.29) is 12.4 Å². The van der Waals surface area contributed by atoms with Gasteiger partial charge >= 0.3 is 0 Å². The summed E-state index contributed by atoms with van der Waals surface area (Å²) in [5, 5.41) is 0. The van der Waals surface area contributed by atoms with Gasteiger partial charge in [0, 0.05) is 6.42 Å². The highest BCUT2D eigenvalue weighted by atomic mass is 35.5. The highest BCUT2D eigenvalue weighted by Crippen LogP contribution is 2.20. The molecule has 0 bridgehead atoms. The molecule has 1 rings (SSSR count). The van der Waals surface area contributed by atoms with Gasteiger partial charge in [-0.25, -0.2) is 0 Å². The number of halogens is 1. The third kappa shape index (κ3) is 14.2. The molecule has 0 fully saturated rings. The average molecular weight is 424 g/mol. The standard InChI is InChI=1S/C27H50N.ClH/c1-5-7-8-9-10-11-12-13-14-15-16-17-21-24-27(28(3,4)6-2)25-26-22-19-18-20-23-26;/h18-20,22-23,27H,5-17,21,24-25H2,1-4H3;1H/q+1;/p-1. The monoisotopic (exact) mass is 423 g/mol. The maximum Gasteiger partial charge on any atom is 0.0926 e. The fourth-order valence-corrected chi connectivity index (χ4v) is 4.24. The summed E-state index contributed by atoms with van der Waals surface area (Å²) in [5.74, 6) is 0. The van der Waals surface area contributed by atoms with Crippen LogP contribution in [0.25, 0.3) is 0 Å². The predicted molar refractivity (Wildman–Crippen MR) is 127 cm³/mol. The highest BCUT2D eigenvalue weighted by Gasteiger charge is 2.26. The molecule has 1 aromatic carbocycles. The molecule has 0 saturated heterocycles. The van der Waals surface area contributed by atoms with Crippen molar-refractivity contribution in [3.8, 4) is 0 Å². The van der Waals surface area contributed by atoms with Crippen molar-refractivity contribution in [1.82, 2.24) is 0 Å². The van der Waals surface area contributed by atoms with Gasteiger partial charge in [-0.3, -0.25) is 0 Å². The van der Waals surface area contributed by atoms with Crippen molar-refractivity contribution in [3.63, 3.8) is 0 Å². The number of quaternary nitrogens is 1. The van der Waals surface area contributed by atoms with E-state index >= 15 is 0 Å². The maximum atomic E-state index is 2.41. The molecular formula is C27H50ClN. The van der Waals surface area contributed by atoms with Gasteiger partial charge in [0.05, 0.1) is 26.7 Å². The van der Waals surface area contributed by atoms with Crippen LogP contribution in [0.3, 0.4) is 0 Å². The summed E-state index contributed by atoms with van der Waals surface area (Å²) >= 11 is 0. The van der Waals surface area contributed by atoms with Crippen molar-refractivity contribution >= 4 is 0 Å². The number of hydrogen-bond donors (Lipinski definition) is 0. The Bertz CT molecular complexity index is 457. The fraction of sp³-hybridized carbons (Fsp3) is 0.778. The van der Waals surface area contributed by atoms with Crippen LogP contribution in [-0.4, -0.2) is 31.2 Å². The second-order valence-corrected chi connectivity index (χ2v) is 9.47. The first-order valence-electron chi connectivity index (χ1n) is 12.5. The third-order valence-electron chi connectivity index (χ3n) is 6.76. The molecule has 0 saturated carbocycles. The van der Waals surface area contributed by atoms with Crippen molar-refractivity contribution < 1.29 is 16.9 Å².